The molecule has 0 heterocycles. The maximum atomic E-state index is 13.8. The fourth-order valence-electron chi connectivity index (χ4n) is 1.94. The number of anilines is 1. The molecule has 0 unspecified atom stereocenters. The molecule has 0 aromatic heterocycles. The average molecular weight is 431 g/mol. The van der Waals surface area contributed by atoms with Crippen molar-refractivity contribution in [2.24, 2.45) is 0 Å². The molecule has 0 spiro atoms. The first-order valence-corrected chi connectivity index (χ1v) is 9.43. The van der Waals surface area contributed by atoms with Crippen LogP contribution in [-0.2, 0) is 14.8 Å². The highest BCUT2D eigenvalue weighted by atomic mass is 79.9. The minimum Gasteiger partial charge on any atom is -0.497 e. The number of ether oxygens (including phenoxy) is 1. The first-order chi connectivity index (χ1) is 11.7. The van der Waals surface area contributed by atoms with Crippen molar-refractivity contribution in [1.29, 1.82) is 0 Å². The van der Waals surface area contributed by atoms with E-state index in [9.17, 15) is 17.6 Å². The topological polar surface area (TPSA) is 84.5 Å². The van der Waals surface area contributed by atoms with Gasteiger partial charge in [0.1, 0.15) is 11.6 Å². The summed E-state index contributed by atoms with van der Waals surface area (Å²) in [5.74, 6) is -0.804. The summed E-state index contributed by atoms with van der Waals surface area (Å²) in [6.45, 7) is 1.37. The molecule has 9 heteroatoms. The van der Waals surface area contributed by atoms with Gasteiger partial charge in [0.2, 0.25) is 15.9 Å². The predicted molar refractivity (Wildman–Crippen MR) is 95.5 cm³/mol. The molecule has 2 rings (SSSR count). The van der Waals surface area contributed by atoms with E-state index in [0.29, 0.717) is 10.2 Å². The fourth-order valence-corrected chi connectivity index (χ4v) is 3.48. The Morgan fingerprint density at radius 3 is 2.40 bits per heavy atom. The summed E-state index contributed by atoms with van der Waals surface area (Å²) >= 11 is 3.11. The van der Waals surface area contributed by atoms with Crippen molar-refractivity contribution in [1.82, 2.24) is 4.72 Å². The number of rotatable bonds is 6. The molecule has 1 amide bonds. The van der Waals surface area contributed by atoms with Gasteiger partial charge in [-0.2, -0.15) is 4.72 Å². The lowest BCUT2D eigenvalue weighted by atomic mass is 10.2. The molecule has 2 aromatic rings. The van der Waals surface area contributed by atoms with Gasteiger partial charge in [-0.1, -0.05) is 15.9 Å². The molecule has 25 heavy (non-hydrogen) atoms. The third-order valence-corrected chi connectivity index (χ3v) is 5.33. The first kappa shape index (κ1) is 19.4. The van der Waals surface area contributed by atoms with Gasteiger partial charge >= 0.3 is 0 Å². The minimum absolute atomic E-state index is 0.0113. The van der Waals surface area contributed by atoms with Crippen LogP contribution in [0.4, 0.5) is 10.1 Å². The molecule has 6 nitrogen and oxygen atoms in total. The molecule has 2 N–H and O–H groups in total. The van der Waals surface area contributed by atoms with Gasteiger partial charge < -0.3 is 10.1 Å². The van der Waals surface area contributed by atoms with Crippen molar-refractivity contribution in [3.05, 3.63) is 52.8 Å². The zero-order valence-electron chi connectivity index (χ0n) is 13.4. The minimum atomic E-state index is -3.91. The van der Waals surface area contributed by atoms with E-state index in [0.717, 1.165) is 0 Å². The van der Waals surface area contributed by atoms with E-state index >= 15 is 0 Å². The van der Waals surface area contributed by atoms with Crippen LogP contribution in [0, 0.1) is 5.82 Å². The maximum absolute atomic E-state index is 13.8. The average Bonchev–Trinajstić information content (AvgIpc) is 2.57. The molecule has 134 valence electrons. The molecular weight excluding hydrogens is 415 g/mol. The van der Waals surface area contributed by atoms with E-state index in [4.69, 9.17) is 4.74 Å². The predicted octanol–water partition coefficient (Wildman–Crippen LogP) is 2.90. The molecule has 0 radical (unpaired) electrons. The van der Waals surface area contributed by atoms with Crippen molar-refractivity contribution in [2.45, 2.75) is 17.9 Å². The Morgan fingerprint density at radius 1 is 1.20 bits per heavy atom. The van der Waals surface area contributed by atoms with Crippen LogP contribution in [0.25, 0.3) is 0 Å². The summed E-state index contributed by atoms with van der Waals surface area (Å²) in [6, 6.07) is 8.75. The lowest BCUT2D eigenvalue weighted by molar-refractivity contribution is -0.117. The van der Waals surface area contributed by atoms with E-state index in [1.807, 2.05) is 0 Å². The molecule has 0 bridgehead atoms. The number of carbonyl (C=O) groups is 1. The van der Waals surface area contributed by atoms with E-state index in [2.05, 4.69) is 26.0 Å². The second kappa shape index (κ2) is 7.94. The number of hydrogen-bond donors (Lipinski definition) is 2. The highest BCUT2D eigenvalue weighted by Gasteiger charge is 2.22. The Balaban J connectivity index is 2.08. The van der Waals surface area contributed by atoms with Gasteiger partial charge in [0.25, 0.3) is 0 Å². The summed E-state index contributed by atoms with van der Waals surface area (Å²) in [6.07, 6.45) is 0. The van der Waals surface area contributed by atoms with Crippen molar-refractivity contribution in [3.63, 3.8) is 0 Å². The van der Waals surface area contributed by atoms with Gasteiger partial charge in [-0.25, -0.2) is 12.8 Å². The van der Waals surface area contributed by atoms with E-state index < -0.39 is 27.8 Å². The molecule has 2 aromatic carbocycles. The Hall–Kier alpha value is -1.97. The molecule has 0 aliphatic rings. The number of benzene rings is 2. The summed E-state index contributed by atoms with van der Waals surface area (Å²) in [5, 5.41) is 2.35. The van der Waals surface area contributed by atoms with Crippen molar-refractivity contribution in [2.75, 3.05) is 12.4 Å². The van der Waals surface area contributed by atoms with E-state index in [1.165, 1.54) is 50.4 Å². The van der Waals surface area contributed by atoms with Crippen LogP contribution in [0.5, 0.6) is 5.75 Å². The second-order valence-corrected chi connectivity index (χ2v) is 7.76. The zero-order chi connectivity index (χ0) is 18.6. The summed E-state index contributed by atoms with van der Waals surface area (Å²) in [4.78, 5) is 12.1. The van der Waals surface area contributed by atoms with Gasteiger partial charge in [-0.05, 0) is 49.4 Å². The van der Waals surface area contributed by atoms with Crippen molar-refractivity contribution in [3.8, 4) is 5.75 Å². The number of carbonyl (C=O) groups excluding carboxylic acids is 1. The number of nitrogens with one attached hydrogen (secondary N) is 2. The maximum Gasteiger partial charge on any atom is 0.242 e. The highest BCUT2D eigenvalue weighted by Crippen LogP contribution is 2.20. The Bertz CT molecular complexity index is 872. The number of sulfonamides is 1. The normalized spacial score (nSPS) is 12.5. The SMILES string of the molecule is COc1ccc(S(=O)(=O)N[C@@H](C)C(=O)Nc2ccc(Br)cc2F)cc1. The quantitative estimate of drug-likeness (QED) is 0.737. The van der Waals surface area contributed by atoms with Crippen molar-refractivity contribution >= 4 is 37.5 Å². The van der Waals surface area contributed by atoms with Crippen LogP contribution >= 0.6 is 15.9 Å². The van der Waals surface area contributed by atoms with E-state index in [-0.39, 0.29) is 10.6 Å². The number of amides is 1. The third-order valence-electron chi connectivity index (χ3n) is 3.28. The first-order valence-electron chi connectivity index (χ1n) is 7.15. The van der Waals surface area contributed by atoms with Gasteiger partial charge in [0.05, 0.1) is 23.7 Å². The molecule has 0 saturated heterocycles. The second-order valence-electron chi connectivity index (χ2n) is 5.13. The smallest absolute Gasteiger partial charge is 0.242 e. The number of halogens is 2. The summed E-state index contributed by atoms with van der Waals surface area (Å²) in [5.41, 5.74) is -0.0382. The van der Waals surface area contributed by atoms with Gasteiger partial charge in [-0.3, -0.25) is 4.79 Å². The lowest BCUT2D eigenvalue weighted by Crippen LogP contribution is -2.41. The van der Waals surface area contributed by atoms with Gasteiger partial charge in [-0.15, -0.1) is 0 Å². The number of hydrogen-bond acceptors (Lipinski definition) is 4. The van der Waals surface area contributed by atoms with Crippen molar-refractivity contribution < 1.29 is 22.3 Å². The molecule has 0 saturated carbocycles. The molecule has 0 aliphatic carbocycles. The van der Waals surface area contributed by atoms with Gasteiger partial charge in [0, 0.05) is 4.47 Å². The largest absolute Gasteiger partial charge is 0.497 e. The highest BCUT2D eigenvalue weighted by molar-refractivity contribution is 9.10. The molecule has 0 fully saturated rings. The third kappa shape index (κ3) is 5.00. The van der Waals surface area contributed by atoms with Crippen LogP contribution in [0.15, 0.2) is 51.8 Å². The number of methoxy groups -OCH3 is 1. The Labute approximate surface area is 153 Å². The van der Waals surface area contributed by atoms with Crippen LogP contribution in [0.2, 0.25) is 0 Å². The fraction of sp³-hybridized carbons (Fsp3) is 0.188. The van der Waals surface area contributed by atoms with Crippen LogP contribution < -0.4 is 14.8 Å². The molecular formula is C16H16BrFN2O4S. The van der Waals surface area contributed by atoms with Crippen LogP contribution in [-0.4, -0.2) is 27.5 Å². The Morgan fingerprint density at radius 2 is 1.84 bits per heavy atom. The standard InChI is InChI=1S/C16H16BrFN2O4S/c1-10(16(21)19-15-8-3-11(17)9-14(15)18)20-25(22,23)13-6-4-12(24-2)5-7-13/h3-10,20H,1-2H3,(H,19,21)/t10-/m0/s1. The zero-order valence-corrected chi connectivity index (χ0v) is 15.8. The molecule has 1 atom stereocenters. The van der Waals surface area contributed by atoms with E-state index in [1.54, 1.807) is 6.07 Å². The molecule has 0 aliphatic heterocycles. The summed E-state index contributed by atoms with van der Waals surface area (Å²) in [7, 11) is -2.44. The van der Waals surface area contributed by atoms with Crippen LogP contribution in [0.3, 0.4) is 0 Å². The summed E-state index contributed by atoms with van der Waals surface area (Å²) < 4.78 is 46.1. The Kier molecular flexibility index (Phi) is 6.15. The van der Waals surface area contributed by atoms with Crippen LogP contribution in [0.1, 0.15) is 6.92 Å². The van der Waals surface area contributed by atoms with Gasteiger partial charge in [0.15, 0.2) is 0 Å². The lowest BCUT2D eigenvalue weighted by Gasteiger charge is -2.15. The monoisotopic (exact) mass is 430 g/mol.